The second-order valence-corrected chi connectivity index (χ2v) is 11.5. The van der Waals surface area contributed by atoms with Gasteiger partial charge in [-0.1, -0.05) is 36.9 Å². The van der Waals surface area contributed by atoms with Crippen LogP contribution in [0, 0.1) is 0 Å². The molecule has 0 amide bonds. The Kier molecular flexibility index (Phi) is 4.29. The van der Waals surface area contributed by atoms with Gasteiger partial charge < -0.3 is 0 Å². The molecule has 0 unspecified atom stereocenters. The van der Waals surface area contributed by atoms with Crippen molar-refractivity contribution in [2.45, 2.75) is 30.1 Å². The van der Waals surface area contributed by atoms with Crippen LogP contribution in [-0.4, -0.2) is 21.0 Å². The smallest absolute Gasteiger partial charge is 0.282 e. The topological polar surface area (TPSA) is 54.4 Å². The first-order chi connectivity index (χ1) is 7.74. The van der Waals surface area contributed by atoms with Crippen molar-refractivity contribution in [2.75, 3.05) is 0 Å². The predicted molar refractivity (Wildman–Crippen MR) is 72.4 cm³/mol. The average Bonchev–Trinajstić information content (AvgIpc) is 2.16. The van der Waals surface area contributed by atoms with Crippen molar-refractivity contribution in [3.05, 3.63) is 42.5 Å². The lowest BCUT2D eigenvalue weighted by Gasteiger charge is -2.20. The van der Waals surface area contributed by atoms with Crippen molar-refractivity contribution in [3.63, 3.8) is 0 Å². The van der Waals surface area contributed by atoms with Crippen LogP contribution < -0.4 is 0 Å². The number of hydrogen-bond donors (Lipinski definition) is 1. The molecule has 0 aliphatic carbocycles. The van der Waals surface area contributed by atoms with E-state index in [1.807, 2.05) is 6.08 Å². The Labute approximate surface area is 104 Å². The zero-order valence-corrected chi connectivity index (χ0v) is 12.0. The van der Waals surface area contributed by atoms with Gasteiger partial charge in [-0.15, -0.1) is 6.58 Å². The average molecular weight is 270 g/mol. The Morgan fingerprint density at radius 1 is 1.29 bits per heavy atom. The first-order valence-corrected chi connectivity index (χ1v) is 10.3. The van der Waals surface area contributed by atoms with E-state index in [1.54, 1.807) is 12.1 Å². The summed E-state index contributed by atoms with van der Waals surface area (Å²) in [4.78, 5) is -0.0514. The van der Waals surface area contributed by atoms with Gasteiger partial charge in [-0.2, -0.15) is 8.42 Å². The third kappa shape index (κ3) is 4.45. The number of benzene rings is 1. The summed E-state index contributed by atoms with van der Waals surface area (Å²) in [5.41, 5.74) is 1.11. The lowest BCUT2D eigenvalue weighted by Crippen LogP contribution is -2.28. The number of hydrogen-bond acceptors (Lipinski definition) is 2. The van der Waals surface area contributed by atoms with E-state index in [2.05, 4.69) is 19.7 Å². The van der Waals surface area contributed by atoms with Crippen LogP contribution in [-0.2, 0) is 16.2 Å². The molecule has 0 radical (unpaired) electrons. The van der Waals surface area contributed by atoms with Crippen molar-refractivity contribution < 1.29 is 13.0 Å². The van der Waals surface area contributed by atoms with E-state index >= 15 is 0 Å². The molecule has 0 aliphatic rings. The quantitative estimate of drug-likeness (QED) is 0.508. The minimum atomic E-state index is -4.08. The molecule has 0 fully saturated rings. The van der Waals surface area contributed by atoms with Crippen LogP contribution in [0.15, 0.2) is 41.8 Å². The molecule has 1 rings (SSSR count). The van der Waals surface area contributed by atoms with Crippen molar-refractivity contribution >= 4 is 18.2 Å². The molecule has 3 nitrogen and oxygen atoms in total. The van der Waals surface area contributed by atoms with E-state index in [1.165, 1.54) is 12.1 Å². The molecule has 5 heteroatoms. The minimum absolute atomic E-state index is 0.0514. The minimum Gasteiger partial charge on any atom is -0.282 e. The van der Waals surface area contributed by atoms with Gasteiger partial charge in [0.15, 0.2) is 0 Å². The molecule has 94 valence electrons. The summed E-state index contributed by atoms with van der Waals surface area (Å²) >= 11 is 0. The molecule has 1 N–H and O–H groups in total. The molecule has 0 saturated carbocycles. The molecule has 0 atom stereocenters. The molecule has 0 spiro atoms. The summed E-state index contributed by atoms with van der Waals surface area (Å²) in [5.74, 6) is 0. The monoisotopic (exact) mass is 270 g/mol. The largest absolute Gasteiger partial charge is 0.294 e. The first-order valence-electron chi connectivity index (χ1n) is 5.42. The maximum absolute atomic E-state index is 10.9. The van der Waals surface area contributed by atoms with Crippen LogP contribution in [0.2, 0.25) is 19.1 Å². The van der Waals surface area contributed by atoms with E-state index < -0.39 is 18.2 Å². The lowest BCUT2D eigenvalue weighted by molar-refractivity contribution is 0.483. The van der Waals surface area contributed by atoms with Crippen molar-refractivity contribution in [1.82, 2.24) is 0 Å². The second kappa shape index (κ2) is 5.16. The summed E-state index contributed by atoms with van der Waals surface area (Å²) in [5, 5.41) is 0. The normalized spacial score (nSPS) is 12.4. The second-order valence-electron chi connectivity index (χ2n) is 4.95. The summed E-state index contributed by atoms with van der Waals surface area (Å²) in [7, 11) is -5.42. The van der Waals surface area contributed by atoms with Gasteiger partial charge >= 0.3 is 0 Å². The number of rotatable bonds is 5. The highest BCUT2D eigenvalue weighted by Crippen LogP contribution is 2.18. The van der Waals surface area contributed by atoms with E-state index in [4.69, 9.17) is 4.55 Å². The van der Waals surface area contributed by atoms with E-state index in [9.17, 15) is 8.42 Å². The van der Waals surface area contributed by atoms with Crippen molar-refractivity contribution in [2.24, 2.45) is 0 Å². The lowest BCUT2D eigenvalue weighted by atomic mass is 10.2. The fourth-order valence-corrected chi connectivity index (χ4v) is 4.54. The summed E-state index contributed by atoms with van der Waals surface area (Å²) in [6.07, 6.45) is 1.94. The Balaban J connectivity index is 2.86. The molecule has 0 bridgehead atoms. The molecule has 0 saturated heterocycles. The van der Waals surface area contributed by atoms with Gasteiger partial charge in [0.05, 0.1) is 13.0 Å². The molecular weight excluding hydrogens is 252 g/mol. The van der Waals surface area contributed by atoms with Gasteiger partial charge in [0.1, 0.15) is 0 Å². The molecule has 0 aliphatic heterocycles. The summed E-state index contributed by atoms with van der Waals surface area (Å²) < 4.78 is 30.6. The Morgan fingerprint density at radius 3 is 2.24 bits per heavy atom. The van der Waals surface area contributed by atoms with Crippen LogP contribution in [0.1, 0.15) is 5.56 Å². The third-order valence-corrected chi connectivity index (χ3v) is 6.23. The van der Waals surface area contributed by atoms with E-state index in [-0.39, 0.29) is 4.90 Å². The molecule has 17 heavy (non-hydrogen) atoms. The fraction of sp³-hybridized carbons (Fsp3) is 0.333. The fourth-order valence-electron chi connectivity index (χ4n) is 1.79. The van der Waals surface area contributed by atoms with Gasteiger partial charge in [0, 0.05) is 0 Å². The van der Waals surface area contributed by atoms with E-state index in [0.717, 1.165) is 17.7 Å². The van der Waals surface area contributed by atoms with Gasteiger partial charge in [0.2, 0.25) is 0 Å². The van der Waals surface area contributed by atoms with Crippen LogP contribution in [0.5, 0.6) is 0 Å². The highest BCUT2D eigenvalue weighted by Gasteiger charge is 2.19. The Morgan fingerprint density at radius 2 is 1.82 bits per heavy atom. The van der Waals surface area contributed by atoms with Crippen molar-refractivity contribution in [3.8, 4) is 0 Å². The first kappa shape index (κ1) is 14.1. The maximum Gasteiger partial charge on any atom is 0.294 e. The van der Waals surface area contributed by atoms with Gasteiger partial charge in [-0.25, -0.2) is 0 Å². The van der Waals surface area contributed by atoms with Crippen molar-refractivity contribution in [1.29, 1.82) is 0 Å². The van der Waals surface area contributed by atoms with Gasteiger partial charge in [0.25, 0.3) is 10.1 Å². The zero-order chi connectivity index (χ0) is 13.1. The molecular formula is C12H18O3SSi. The van der Waals surface area contributed by atoms with Crippen LogP contribution in [0.4, 0.5) is 0 Å². The third-order valence-electron chi connectivity index (χ3n) is 2.60. The summed E-state index contributed by atoms with van der Waals surface area (Å²) in [6.45, 7) is 8.29. The Bertz CT molecular complexity index is 489. The SMILES string of the molecule is C=CC[Si](C)(C)Cc1ccc(S(=O)(=O)O)cc1. The number of allylic oxidation sites excluding steroid dienone is 1. The summed E-state index contributed by atoms with van der Waals surface area (Å²) in [6, 6.07) is 8.44. The predicted octanol–water partition coefficient (Wildman–Crippen LogP) is 2.91. The van der Waals surface area contributed by atoms with Crippen LogP contribution in [0.25, 0.3) is 0 Å². The molecule has 0 heterocycles. The highest BCUT2D eigenvalue weighted by molar-refractivity contribution is 7.85. The Hall–Kier alpha value is -0.913. The van der Waals surface area contributed by atoms with Crippen LogP contribution >= 0.6 is 0 Å². The molecule has 1 aromatic rings. The van der Waals surface area contributed by atoms with Gasteiger partial charge in [-0.3, -0.25) is 4.55 Å². The highest BCUT2D eigenvalue weighted by atomic mass is 32.2. The maximum atomic E-state index is 10.9. The van der Waals surface area contributed by atoms with Crippen LogP contribution in [0.3, 0.4) is 0 Å². The zero-order valence-electron chi connectivity index (χ0n) is 10.2. The standard InChI is InChI=1S/C12H18O3SSi/c1-4-9-17(2,3)10-11-5-7-12(8-6-11)16(13,14)15/h4-8H,1,9-10H2,2-3H3,(H,13,14,15). The van der Waals surface area contributed by atoms with Gasteiger partial charge in [-0.05, 0) is 24.2 Å². The van der Waals surface area contributed by atoms with E-state index in [0.29, 0.717) is 0 Å². The molecule has 1 aromatic carbocycles. The molecule has 0 aromatic heterocycles.